The third-order valence-corrected chi connectivity index (χ3v) is 3.26. The highest BCUT2D eigenvalue weighted by atomic mass is 35.5. The van der Waals surface area contributed by atoms with Gasteiger partial charge in [0.1, 0.15) is 5.15 Å². The molecular formula is C13H20ClN3O. The van der Waals surface area contributed by atoms with E-state index in [4.69, 9.17) is 11.6 Å². The lowest BCUT2D eigenvalue weighted by atomic mass is 10.1. The molecule has 1 aromatic heterocycles. The normalized spacial score (nSPS) is 12.3. The second kappa shape index (κ2) is 6.59. The average Bonchev–Trinajstić information content (AvgIpc) is 2.32. The van der Waals surface area contributed by atoms with Gasteiger partial charge in [-0.15, -0.1) is 0 Å². The molecule has 0 aliphatic heterocycles. The van der Waals surface area contributed by atoms with Crippen LogP contribution in [0.3, 0.4) is 0 Å². The molecule has 100 valence electrons. The molecule has 1 rings (SSSR count). The maximum Gasteiger partial charge on any atom is 0.322 e. The number of pyridine rings is 1. The summed E-state index contributed by atoms with van der Waals surface area (Å²) in [5, 5.41) is 3.23. The number of rotatable bonds is 4. The van der Waals surface area contributed by atoms with Crippen molar-refractivity contribution in [3.63, 3.8) is 0 Å². The molecule has 0 spiro atoms. The summed E-state index contributed by atoms with van der Waals surface area (Å²) < 4.78 is 0. The van der Waals surface area contributed by atoms with Crippen LogP contribution < -0.4 is 5.32 Å². The Morgan fingerprint density at radius 2 is 2.11 bits per heavy atom. The summed E-state index contributed by atoms with van der Waals surface area (Å²) in [4.78, 5) is 17.9. The highest BCUT2D eigenvalue weighted by Gasteiger charge is 2.20. The first kappa shape index (κ1) is 14.8. The lowest BCUT2D eigenvalue weighted by molar-refractivity contribution is 0.179. The predicted octanol–water partition coefficient (Wildman–Crippen LogP) is 3.63. The third kappa shape index (κ3) is 3.88. The summed E-state index contributed by atoms with van der Waals surface area (Å²) in [6, 6.07) is 3.47. The van der Waals surface area contributed by atoms with Crippen LogP contribution in [-0.2, 0) is 0 Å². The fourth-order valence-electron chi connectivity index (χ4n) is 1.62. The molecule has 0 aliphatic rings. The second-order valence-electron chi connectivity index (χ2n) is 4.57. The first-order valence-electron chi connectivity index (χ1n) is 6.14. The number of nitrogens with one attached hydrogen (secondary N) is 1. The molecule has 2 amide bonds. The van der Waals surface area contributed by atoms with Crippen LogP contribution in [0.2, 0.25) is 5.15 Å². The minimum Gasteiger partial charge on any atom is -0.322 e. The number of amides is 2. The molecular weight excluding hydrogens is 250 g/mol. The van der Waals surface area contributed by atoms with Gasteiger partial charge in [0.05, 0.1) is 11.9 Å². The van der Waals surface area contributed by atoms with Gasteiger partial charge >= 0.3 is 6.03 Å². The Bertz CT molecular complexity index is 392. The molecule has 5 heteroatoms. The smallest absolute Gasteiger partial charge is 0.322 e. The van der Waals surface area contributed by atoms with Gasteiger partial charge < -0.3 is 10.2 Å². The molecule has 1 heterocycles. The van der Waals surface area contributed by atoms with Crippen molar-refractivity contribution in [1.82, 2.24) is 9.88 Å². The lowest BCUT2D eigenvalue weighted by Crippen LogP contribution is -2.43. The first-order chi connectivity index (χ1) is 8.45. The molecule has 0 radical (unpaired) electrons. The van der Waals surface area contributed by atoms with Crippen molar-refractivity contribution in [1.29, 1.82) is 0 Å². The molecule has 0 fully saturated rings. The molecule has 1 aromatic rings. The second-order valence-corrected chi connectivity index (χ2v) is 4.96. The number of nitrogens with zero attached hydrogens (tertiary/aromatic N) is 2. The van der Waals surface area contributed by atoms with Gasteiger partial charge in [-0.1, -0.05) is 25.4 Å². The van der Waals surface area contributed by atoms with Crippen molar-refractivity contribution in [3.8, 4) is 0 Å². The van der Waals surface area contributed by atoms with Crippen molar-refractivity contribution in [2.24, 2.45) is 5.92 Å². The van der Waals surface area contributed by atoms with E-state index in [1.54, 1.807) is 23.2 Å². The van der Waals surface area contributed by atoms with E-state index in [1.165, 1.54) is 0 Å². The fraction of sp³-hybridized carbons (Fsp3) is 0.538. The topological polar surface area (TPSA) is 45.2 Å². The summed E-state index contributed by atoms with van der Waals surface area (Å²) in [7, 11) is 0. The van der Waals surface area contributed by atoms with Crippen molar-refractivity contribution in [3.05, 3.63) is 23.5 Å². The maximum atomic E-state index is 12.1. The van der Waals surface area contributed by atoms with E-state index in [9.17, 15) is 4.79 Å². The molecule has 1 N–H and O–H groups in total. The van der Waals surface area contributed by atoms with Gasteiger partial charge in [0.25, 0.3) is 0 Å². The summed E-state index contributed by atoms with van der Waals surface area (Å²) in [6.45, 7) is 8.90. The van der Waals surface area contributed by atoms with Gasteiger partial charge in [-0.2, -0.15) is 0 Å². The summed E-state index contributed by atoms with van der Waals surface area (Å²) in [5.41, 5.74) is 0.652. The fourth-order valence-corrected chi connectivity index (χ4v) is 1.73. The summed E-state index contributed by atoms with van der Waals surface area (Å²) in [6.07, 6.45) is 1.55. The van der Waals surface area contributed by atoms with E-state index in [-0.39, 0.29) is 12.1 Å². The maximum absolute atomic E-state index is 12.1. The zero-order valence-electron chi connectivity index (χ0n) is 11.3. The Kier molecular flexibility index (Phi) is 5.41. The number of anilines is 1. The highest BCUT2D eigenvalue weighted by molar-refractivity contribution is 6.29. The third-order valence-electron chi connectivity index (χ3n) is 3.04. The van der Waals surface area contributed by atoms with Crippen LogP contribution in [0.15, 0.2) is 18.3 Å². The van der Waals surface area contributed by atoms with Crippen LogP contribution in [0.4, 0.5) is 10.5 Å². The number of carbonyl (C=O) groups is 1. The van der Waals surface area contributed by atoms with Crippen molar-refractivity contribution >= 4 is 23.3 Å². The van der Waals surface area contributed by atoms with Gasteiger partial charge in [0.15, 0.2) is 0 Å². The van der Waals surface area contributed by atoms with Gasteiger partial charge in [-0.3, -0.25) is 0 Å². The monoisotopic (exact) mass is 269 g/mol. The predicted molar refractivity (Wildman–Crippen MR) is 74.9 cm³/mol. The SMILES string of the molecule is CCN(C(=O)Nc1ccc(Cl)nc1)[C@@H](C)C(C)C. The number of urea groups is 1. The van der Waals surface area contributed by atoms with Crippen LogP contribution in [-0.4, -0.2) is 28.5 Å². The van der Waals surface area contributed by atoms with Crippen LogP contribution in [0, 0.1) is 5.92 Å². The average molecular weight is 270 g/mol. The number of hydrogen-bond acceptors (Lipinski definition) is 2. The Morgan fingerprint density at radius 3 is 2.56 bits per heavy atom. The summed E-state index contributed by atoms with van der Waals surface area (Å²) in [5.74, 6) is 0.416. The van der Waals surface area contributed by atoms with Gasteiger partial charge in [-0.25, -0.2) is 9.78 Å². The number of carbonyl (C=O) groups excluding carboxylic acids is 1. The first-order valence-corrected chi connectivity index (χ1v) is 6.52. The quantitative estimate of drug-likeness (QED) is 0.849. The minimum absolute atomic E-state index is 0.108. The Morgan fingerprint density at radius 1 is 1.44 bits per heavy atom. The van der Waals surface area contributed by atoms with Crippen LogP contribution in [0.1, 0.15) is 27.7 Å². The van der Waals surface area contributed by atoms with Gasteiger partial charge in [-0.05, 0) is 31.9 Å². The standard InChI is InChI=1S/C13H20ClN3O/c1-5-17(10(4)9(2)3)13(18)16-11-6-7-12(14)15-8-11/h6-10H,5H2,1-4H3,(H,16,18)/t10-/m0/s1. The molecule has 0 saturated heterocycles. The molecule has 1 atom stereocenters. The Labute approximate surface area is 113 Å². The van der Waals surface area contributed by atoms with Gasteiger partial charge in [0.2, 0.25) is 0 Å². The molecule has 0 aromatic carbocycles. The number of aromatic nitrogens is 1. The van der Waals surface area contributed by atoms with E-state index >= 15 is 0 Å². The summed E-state index contributed by atoms with van der Waals surface area (Å²) >= 11 is 5.70. The lowest BCUT2D eigenvalue weighted by Gasteiger charge is -2.30. The molecule has 0 saturated carbocycles. The van der Waals surface area contributed by atoms with E-state index in [0.717, 1.165) is 0 Å². The van der Waals surface area contributed by atoms with E-state index in [2.05, 4.69) is 24.1 Å². The zero-order chi connectivity index (χ0) is 13.7. The van der Waals surface area contributed by atoms with Crippen LogP contribution >= 0.6 is 11.6 Å². The molecule has 0 aliphatic carbocycles. The molecule has 4 nitrogen and oxygen atoms in total. The van der Waals surface area contributed by atoms with Gasteiger partial charge in [0, 0.05) is 12.6 Å². The molecule has 0 unspecified atom stereocenters. The van der Waals surface area contributed by atoms with E-state index in [0.29, 0.717) is 23.3 Å². The zero-order valence-corrected chi connectivity index (χ0v) is 12.0. The van der Waals surface area contributed by atoms with Crippen molar-refractivity contribution in [2.45, 2.75) is 33.7 Å². The Hall–Kier alpha value is -1.29. The number of halogens is 1. The molecule has 18 heavy (non-hydrogen) atoms. The minimum atomic E-state index is -0.108. The van der Waals surface area contributed by atoms with Crippen LogP contribution in [0.5, 0.6) is 0 Å². The Balaban J connectivity index is 2.71. The largest absolute Gasteiger partial charge is 0.322 e. The highest BCUT2D eigenvalue weighted by Crippen LogP contribution is 2.14. The van der Waals surface area contributed by atoms with E-state index in [1.807, 2.05) is 13.8 Å². The van der Waals surface area contributed by atoms with Crippen molar-refractivity contribution < 1.29 is 4.79 Å². The molecule has 0 bridgehead atoms. The van der Waals surface area contributed by atoms with E-state index < -0.39 is 0 Å². The number of hydrogen-bond donors (Lipinski definition) is 1. The van der Waals surface area contributed by atoms with Crippen molar-refractivity contribution in [2.75, 3.05) is 11.9 Å². The van der Waals surface area contributed by atoms with Crippen LogP contribution in [0.25, 0.3) is 0 Å².